The molecule has 1 aliphatic rings. The minimum atomic E-state index is -0.884. The van der Waals surface area contributed by atoms with Gasteiger partial charge in [0.05, 0.1) is 5.92 Å². The summed E-state index contributed by atoms with van der Waals surface area (Å²) in [6, 6.07) is 0. The van der Waals surface area contributed by atoms with Gasteiger partial charge >= 0.3 is 5.97 Å². The molecule has 1 amide bonds. The smallest absolute Gasteiger partial charge is 0.308 e. The molecular formula is C13H23NO4. The largest absolute Gasteiger partial charge is 0.481 e. The first-order chi connectivity index (χ1) is 8.43. The number of carbonyl (C=O) groups is 2. The minimum Gasteiger partial charge on any atom is -0.481 e. The van der Waals surface area contributed by atoms with Crippen molar-refractivity contribution in [3.63, 3.8) is 0 Å². The third kappa shape index (κ3) is 3.22. The molecule has 1 N–H and O–H groups in total. The molecule has 1 atom stereocenters. The summed E-state index contributed by atoms with van der Waals surface area (Å²) in [5, 5.41) is 8.88. The summed E-state index contributed by atoms with van der Waals surface area (Å²) in [4.78, 5) is 24.7. The van der Waals surface area contributed by atoms with Crippen molar-refractivity contribution in [3.05, 3.63) is 0 Å². The van der Waals surface area contributed by atoms with E-state index in [1.165, 1.54) is 4.90 Å². The molecule has 1 rings (SSSR count). The highest BCUT2D eigenvalue weighted by Gasteiger charge is 2.41. The lowest BCUT2D eigenvalue weighted by Gasteiger charge is -2.37. The van der Waals surface area contributed by atoms with Crippen LogP contribution in [0.4, 0.5) is 0 Å². The Bertz CT molecular complexity index is 310. The fourth-order valence-electron chi connectivity index (χ4n) is 2.55. The number of amides is 1. The molecule has 0 bridgehead atoms. The Morgan fingerprint density at radius 3 is 2.33 bits per heavy atom. The van der Waals surface area contributed by atoms with Crippen LogP contribution < -0.4 is 0 Å². The Balaban J connectivity index is 2.68. The maximum atomic E-state index is 12.4. The first kappa shape index (κ1) is 15.0. The summed E-state index contributed by atoms with van der Waals surface area (Å²) in [5.41, 5.74) is -0.731. The van der Waals surface area contributed by atoms with Gasteiger partial charge in [0, 0.05) is 20.7 Å². The monoisotopic (exact) mass is 257 g/mol. The molecule has 1 aliphatic carbocycles. The summed E-state index contributed by atoms with van der Waals surface area (Å²) < 4.78 is 5.47. The van der Waals surface area contributed by atoms with Gasteiger partial charge in [-0.3, -0.25) is 9.59 Å². The van der Waals surface area contributed by atoms with Gasteiger partial charge < -0.3 is 14.7 Å². The van der Waals surface area contributed by atoms with Crippen LogP contribution in [0.1, 0.15) is 39.0 Å². The summed E-state index contributed by atoms with van der Waals surface area (Å²) in [6.07, 6.45) is 4.57. The third-order valence-electron chi connectivity index (χ3n) is 3.76. The third-order valence-corrected chi connectivity index (χ3v) is 3.76. The van der Waals surface area contributed by atoms with Crippen molar-refractivity contribution in [1.82, 2.24) is 4.90 Å². The van der Waals surface area contributed by atoms with Gasteiger partial charge in [0.15, 0.2) is 0 Å². The van der Waals surface area contributed by atoms with E-state index < -0.39 is 17.5 Å². The Labute approximate surface area is 108 Å². The van der Waals surface area contributed by atoms with E-state index in [9.17, 15) is 9.59 Å². The quantitative estimate of drug-likeness (QED) is 0.810. The van der Waals surface area contributed by atoms with Crippen LogP contribution in [0.5, 0.6) is 0 Å². The van der Waals surface area contributed by atoms with Crippen molar-refractivity contribution in [3.8, 4) is 0 Å². The molecule has 1 saturated carbocycles. The van der Waals surface area contributed by atoms with E-state index in [1.807, 2.05) is 0 Å². The molecule has 5 nitrogen and oxygen atoms in total. The standard InChI is InChI=1S/C13H23NO4/c1-10(11(15)16)9-14(2)12(17)13(18-3)7-5-4-6-8-13/h10H,4-9H2,1-3H3,(H,15,16). The molecule has 0 aromatic carbocycles. The molecule has 0 saturated heterocycles. The van der Waals surface area contributed by atoms with Crippen molar-refractivity contribution >= 4 is 11.9 Å². The number of ether oxygens (including phenoxy) is 1. The van der Waals surface area contributed by atoms with Crippen molar-refractivity contribution < 1.29 is 19.4 Å². The number of hydrogen-bond acceptors (Lipinski definition) is 3. The van der Waals surface area contributed by atoms with Crippen LogP contribution >= 0.6 is 0 Å². The lowest BCUT2D eigenvalue weighted by atomic mass is 9.83. The molecule has 1 unspecified atom stereocenters. The maximum Gasteiger partial charge on any atom is 0.308 e. The summed E-state index contributed by atoms with van der Waals surface area (Å²) in [7, 11) is 3.22. The number of carboxylic acid groups (broad SMARTS) is 1. The predicted molar refractivity (Wildman–Crippen MR) is 67.3 cm³/mol. The first-order valence-corrected chi connectivity index (χ1v) is 6.46. The Morgan fingerprint density at radius 1 is 1.33 bits per heavy atom. The SMILES string of the molecule is COC1(C(=O)N(C)CC(C)C(=O)O)CCCCC1. The number of carboxylic acids is 1. The van der Waals surface area contributed by atoms with E-state index in [1.54, 1.807) is 21.1 Å². The van der Waals surface area contributed by atoms with E-state index in [2.05, 4.69) is 0 Å². The van der Waals surface area contributed by atoms with Crippen LogP contribution in [-0.4, -0.2) is 48.2 Å². The highest BCUT2D eigenvalue weighted by Crippen LogP contribution is 2.32. The number of carbonyl (C=O) groups excluding carboxylic acids is 1. The number of rotatable bonds is 5. The minimum absolute atomic E-state index is 0.0854. The van der Waals surface area contributed by atoms with Gasteiger partial charge in [0.2, 0.25) is 0 Å². The van der Waals surface area contributed by atoms with Crippen LogP contribution in [0, 0.1) is 5.92 Å². The Hall–Kier alpha value is -1.10. The highest BCUT2D eigenvalue weighted by molar-refractivity contribution is 5.85. The molecule has 0 aromatic heterocycles. The fourth-order valence-corrected chi connectivity index (χ4v) is 2.55. The second-order valence-electron chi connectivity index (χ2n) is 5.18. The Kier molecular flexibility index (Phi) is 5.14. The van der Waals surface area contributed by atoms with E-state index in [-0.39, 0.29) is 12.5 Å². The number of nitrogens with zero attached hydrogens (tertiary/aromatic N) is 1. The number of hydrogen-bond donors (Lipinski definition) is 1. The second-order valence-corrected chi connectivity index (χ2v) is 5.18. The van der Waals surface area contributed by atoms with Crippen molar-refractivity contribution in [2.75, 3.05) is 20.7 Å². The molecule has 0 heterocycles. The van der Waals surface area contributed by atoms with Crippen LogP contribution in [0.3, 0.4) is 0 Å². The first-order valence-electron chi connectivity index (χ1n) is 6.46. The van der Waals surface area contributed by atoms with Gasteiger partial charge in [-0.15, -0.1) is 0 Å². The molecule has 18 heavy (non-hydrogen) atoms. The lowest BCUT2D eigenvalue weighted by molar-refractivity contribution is -0.159. The molecule has 1 fully saturated rings. The summed E-state index contributed by atoms with van der Waals surface area (Å²) in [6.45, 7) is 1.83. The zero-order valence-corrected chi connectivity index (χ0v) is 11.4. The van der Waals surface area contributed by atoms with E-state index >= 15 is 0 Å². The van der Waals surface area contributed by atoms with Crippen LogP contribution in [0.15, 0.2) is 0 Å². The molecule has 5 heteroatoms. The molecule has 104 valence electrons. The zero-order chi connectivity index (χ0) is 13.8. The number of aliphatic carboxylic acids is 1. The summed E-state index contributed by atoms with van der Waals surface area (Å²) >= 11 is 0. The van der Waals surface area contributed by atoms with E-state index in [0.29, 0.717) is 0 Å². The van der Waals surface area contributed by atoms with Crippen LogP contribution in [0.25, 0.3) is 0 Å². The molecule has 0 spiro atoms. The van der Waals surface area contributed by atoms with Crippen molar-refractivity contribution in [2.24, 2.45) is 5.92 Å². The maximum absolute atomic E-state index is 12.4. The number of methoxy groups -OCH3 is 1. The molecule has 0 aromatic rings. The average molecular weight is 257 g/mol. The van der Waals surface area contributed by atoms with E-state index in [0.717, 1.165) is 32.1 Å². The zero-order valence-electron chi connectivity index (χ0n) is 11.4. The van der Waals surface area contributed by atoms with Gasteiger partial charge in [-0.25, -0.2) is 0 Å². The Morgan fingerprint density at radius 2 is 1.89 bits per heavy atom. The highest BCUT2D eigenvalue weighted by atomic mass is 16.5. The number of likely N-dealkylation sites (N-methyl/N-ethyl adjacent to an activating group) is 1. The molecule has 0 aliphatic heterocycles. The molecular weight excluding hydrogens is 234 g/mol. The van der Waals surface area contributed by atoms with Gasteiger partial charge in [-0.1, -0.05) is 26.2 Å². The van der Waals surface area contributed by atoms with Crippen molar-refractivity contribution in [1.29, 1.82) is 0 Å². The topological polar surface area (TPSA) is 66.8 Å². The van der Waals surface area contributed by atoms with Crippen molar-refractivity contribution in [2.45, 2.75) is 44.6 Å². The normalized spacial score (nSPS) is 20.2. The second kappa shape index (κ2) is 6.18. The lowest BCUT2D eigenvalue weighted by Crippen LogP contribution is -2.51. The van der Waals surface area contributed by atoms with Gasteiger partial charge in [0.25, 0.3) is 5.91 Å². The average Bonchev–Trinajstić information content (AvgIpc) is 2.38. The fraction of sp³-hybridized carbons (Fsp3) is 0.846. The van der Waals surface area contributed by atoms with Gasteiger partial charge in [-0.2, -0.15) is 0 Å². The van der Waals surface area contributed by atoms with Gasteiger partial charge in [0.1, 0.15) is 5.60 Å². The molecule has 0 radical (unpaired) electrons. The summed E-state index contributed by atoms with van der Waals surface area (Å²) in [5.74, 6) is -1.53. The van der Waals surface area contributed by atoms with Crippen LogP contribution in [0.2, 0.25) is 0 Å². The van der Waals surface area contributed by atoms with Gasteiger partial charge in [-0.05, 0) is 12.8 Å². The van der Waals surface area contributed by atoms with Crippen LogP contribution in [-0.2, 0) is 14.3 Å². The van der Waals surface area contributed by atoms with E-state index in [4.69, 9.17) is 9.84 Å². The predicted octanol–water partition coefficient (Wildman–Crippen LogP) is 1.51.